The standard InChI is InChI=1S/C15H20F2N2O2/c1-18-12-6-8-19(9-7-12)14(20)10-11-4-2-3-5-13(11)21-15(16)17/h2-5,12,15,18H,6-10H2,1H3. The minimum Gasteiger partial charge on any atom is -0.435 e. The van der Waals surface area contributed by atoms with Crippen molar-refractivity contribution in [3.05, 3.63) is 29.8 Å². The molecule has 0 unspecified atom stereocenters. The van der Waals surface area contributed by atoms with Crippen LogP contribution >= 0.6 is 0 Å². The van der Waals surface area contributed by atoms with E-state index in [1.165, 1.54) is 6.07 Å². The van der Waals surface area contributed by atoms with Gasteiger partial charge >= 0.3 is 6.61 Å². The number of nitrogens with zero attached hydrogens (tertiary/aromatic N) is 1. The van der Waals surface area contributed by atoms with Gasteiger partial charge in [-0.2, -0.15) is 8.78 Å². The van der Waals surface area contributed by atoms with Crippen molar-refractivity contribution in [2.24, 2.45) is 0 Å². The highest BCUT2D eigenvalue weighted by molar-refractivity contribution is 5.79. The van der Waals surface area contributed by atoms with Crippen LogP contribution in [0.2, 0.25) is 0 Å². The number of hydrogen-bond acceptors (Lipinski definition) is 3. The third-order valence-corrected chi connectivity index (χ3v) is 3.79. The summed E-state index contributed by atoms with van der Waals surface area (Å²) in [4.78, 5) is 14.0. The summed E-state index contributed by atoms with van der Waals surface area (Å²) in [5.41, 5.74) is 0.499. The topological polar surface area (TPSA) is 41.6 Å². The molecule has 116 valence electrons. The Labute approximate surface area is 123 Å². The van der Waals surface area contributed by atoms with Crippen LogP contribution in [0.4, 0.5) is 8.78 Å². The molecule has 0 aromatic heterocycles. The zero-order valence-electron chi connectivity index (χ0n) is 12.0. The molecule has 1 aliphatic heterocycles. The first-order chi connectivity index (χ1) is 10.1. The molecule has 0 bridgehead atoms. The normalized spacial score (nSPS) is 16.3. The largest absolute Gasteiger partial charge is 0.435 e. The van der Waals surface area contributed by atoms with Gasteiger partial charge in [-0.15, -0.1) is 0 Å². The SMILES string of the molecule is CNC1CCN(C(=O)Cc2ccccc2OC(F)F)CC1. The van der Waals surface area contributed by atoms with Crippen LogP contribution in [0.15, 0.2) is 24.3 Å². The van der Waals surface area contributed by atoms with E-state index in [0.29, 0.717) is 24.7 Å². The molecule has 1 heterocycles. The number of nitrogens with one attached hydrogen (secondary N) is 1. The van der Waals surface area contributed by atoms with E-state index in [2.05, 4.69) is 10.1 Å². The van der Waals surface area contributed by atoms with Crippen LogP contribution in [0, 0.1) is 0 Å². The van der Waals surface area contributed by atoms with Crippen LogP contribution in [-0.2, 0) is 11.2 Å². The number of para-hydroxylation sites is 1. The van der Waals surface area contributed by atoms with E-state index in [4.69, 9.17) is 0 Å². The Hall–Kier alpha value is -1.69. The van der Waals surface area contributed by atoms with Crippen molar-refractivity contribution >= 4 is 5.91 Å². The highest BCUT2D eigenvalue weighted by atomic mass is 19.3. The molecule has 0 spiro atoms. The summed E-state index contributed by atoms with van der Waals surface area (Å²) >= 11 is 0. The van der Waals surface area contributed by atoms with Crippen molar-refractivity contribution in [2.45, 2.75) is 31.9 Å². The fraction of sp³-hybridized carbons (Fsp3) is 0.533. The smallest absolute Gasteiger partial charge is 0.387 e. The number of likely N-dealkylation sites (tertiary alicyclic amines) is 1. The highest BCUT2D eigenvalue weighted by Crippen LogP contribution is 2.22. The molecule has 1 aliphatic rings. The first-order valence-electron chi connectivity index (χ1n) is 7.08. The van der Waals surface area contributed by atoms with Gasteiger partial charge in [-0.25, -0.2) is 0 Å². The Bertz CT molecular complexity index is 474. The summed E-state index contributed by atoms with van der Waals surface area (Å²) in [6, 6.07) is 6.89. The Morgan fingerprint density at radius 1 is 1.38 bits per heavy atom. The Morgan fingerprint density at radius 3 is 2.67 bits per heavy atom. The van der Waals surface area contributed by atoms with Gasteiger partial charge in [0.1, 0.15) is 5.75 Å². The number of rotatable bonds is 5. The molecule has 1 fully saturated rings. The van der Waals surface area contributed by atoms with Gasteiger partial charge in [0.05, 0.1) is 6.42 Å². The van der Waals surface area contributed by atoms with Crippen molar-refractivity contribution in [1.82, 2.24) is 10.2 Å². The molecule has 1 amide bonds. The maximum Gasteiger partial charge on any atom is 0.387 e. The van der Waals surface area contributed by atoms with E-state index < -0.39 is 6.61 Å². The van der Waals surface area contributed by atoms with Crippen LogP contribution in [0.5, 0.6) is 5.75 Å². The quantitative estimate of drug-likeness (QED) is 0.904. The molecule has 1 N–H and O–H groups in total. The molecule has 1 saturated heterocycles. The summed E-state index contributed by atoms with van der Waals surface area (Å²) in [5, 5.41) is 3.20. The van der Waals surface area contributed by atoms with Gasteiger partial charge in [0.15, 0.2) is 0 Å². The van der Waals surface area contributed by atoms with E-state index in [0.717, 1.165) is 12.8 Å². The number of halogens is 2. The van der Waals surface area contributed by atoms with Crippen molar-refractivity contribution in [3.63, 3.8) is 0 Å². The van der Waals surface area contributed by atoms with Crippen LogP contribution < -0.4 is 10.1 Å². The number of benzene rings is 1. The van der Waals surface area contributed by atoms with Crippen molar-refractivity contribution in [2.75, 3.05) is 20.1 Å². The van der Waals surface area contributed by atoms with Crippen LogP contribution in [0.3, 0.4) is 0 Å². The molecule has 2 rings (SSSR count). The van der Waals surface area contributed by atoms with E-state index in [-0.39, 0.29) is 18.1 Å². The number of hydrogen-bond donors (Lipinski definition) is 1. The third kappa shape index (κ3) is 4.39. The van der Waals surface area contributed by atoms with E-state index in [9.17, 15) is 13.6 Å². The van der Waals surface area contributed by atoms with Crippen LogP contribution in [-0.4, -0.2) is 43.6 Å². The lowest BCUT2D eigenvalue weighted by Crippen LogP contribution is -2.44. The predicted octanol–water partition coefficient (Wildman–Crippen LogP) is 2.04. The summed E-state index contributed by atoms with van der Waals surface area (Å²) in [6.07, 6.45) is 1.92. The zero-order valence-corrected chi connectivity index (χ0v) is 12.0. The van der Waals surface area contributed by atoms with E-state index >= 15 is 0 Å². The number of piperidine rings is 1. The predicted molar refractivity (Wildman–Crippen MR) is 75.4 cm³/mol. The molecule has 0 saturated carbocycles. The lowest BCUT2D eigenvalue weighted by molar-refractivity contribution is -0.131. The maximum atomic E-state index is 12.4. The molecule has 4 nitrogen and oxygen atoms in total. The molecule has 1 aromatic rings. The Morgan fingerprint density at radius 2 is 2.05 bits per heavy atom. The van der Waals surface area contributed by atoms with Gasteiger partial charge in [0, 0.05) is 24.7 Å². The Kier molecular flexibility index (Phi) is 5.50. The molecular weight excluding hydrogens is 278 g/mol. The average Bonchev–Trinajstić information content (AvgIpc) is 2.49. The van der Waals surface area contributed by atoms with Crippen molar-refractivity contribution in [3.8, 4) is 5.75 Å². The Balaban J connectivity index is 1.97. The second-order valence-corrected chi connectivity index (χ2v) is 5.11. The molecule has 0 radical (unpaired) electrons. The lowest BCUT2D eigenvalue weighted by atomic mass is 10.0. The maximum absolute atomic E-state index is 12.4. The number of alkyl halides is 2. The van der Waals surface area contributed by atoms with Gasteiger partial charge in [-0.05, 0) is 26.0 Å². The molecule has 21 heavy (non-hydrogen) atoms. The fourth-order valence-corrected chi connectivity index (χ4v) is 2.55. The average molecular weight is 298 g/mol. The lowest BCUT2D eigenvalue weighted by Gasteiger charge is -2.32. The summed E-state index contributed by atoms with van der Waals surface area (Å²) in [5.74, 6) is 0.0285. The van der Waals surface area contributed by atoms with Crippen molar-refractivity contribution in [1.29, 1.82) is 0 Å². The first-order valence-corrected chi connectivity index (χ1v) is 7.08. The zero-order chi connectivity index (χ0) is 15.2. The van der Waals surface area contributed by atoms with Gasteiger partial charge < -0.3 is 15.0 Å². The van der Waals surface area contributed by atoms with Crippen LogP contribution in [0.25, 0.3) is 0 Å². The second-order valence-electron chi connectivity index (χ2n) is 5.11. The van der Waals surface area contributed by atoms with Gasteiger partial charge in [0.2, 0.25) is 5.91 Å². The van der Waals surface area contributed by atoms with E-state index in [1.807, 2.05) is 7.05 Å². The number of carbonyl (C=O) groups excluding carboxylic acids is 1. The summed E-state index contributed by atoms with van der Waals surface area (Å²) in [6.45, 7) is -1.49. The first kappa shape index (κ1) is 15.7. The van der Waals surface area contributed by atoms with Gasteiger partial charge in [0.25, 0.3) is 0 Å². The fourth-order valence-electron chi connectivity index (χ4n) is 2.55. The molecule has 6 heteroatoms. The summed E-state index contributed by atoms with van der Waals surface area (Å²) in [7, 11) is 1.92. The minimum absolute atomic E-state index is 0.0464. The monoisotopic (exact) mass is 298 g/mol. The van der Waals surface area contributed by atoms with Crippen LogP contribution in [0.1, 0.15) is 18.4 Å². The van der Waals surface area contributed by atoms with Gasteiger partial charge in [-0.3, -0.25) is 4.79 Å². The second kappa shape index (κ2) is 7.36. The highest BCUT2D eigenvalue weighted by Gasteiger charge is 2.22. The number of ether oxygens (including phenoxy) is 1. The molecular formula is C15H20F2N2O2. The van der Waals surface area contributed by atoms with Crippen molar-refractivity contribution < 1.29 is 18.3 Å². The molecule has 1 aromatic carbocycles. The molecule has 0 atom stereocenters. The third-order valence-electron chi connectivity index (χ3n) is 3.79. The van der Waals surface area contributed by atoms with E-state index in [1.54, 1.807) is 23.1 Å². The number of amides is 1. The number of carbonyl (C=O) groups is 1. The summed E-state index contributed by atoms with van der Waals surface area (Å²) < 4.78 is 29.2. The molecule has 0 aliphatic carbocycles. The minimum atomic E-state index is -2.88. The van der Waals surface area contributed by atoms with Gasteiger partial charge in [-0.1, -0.05) is 18.2 Å².